The van der Waals surface area contributed by atoms with E-state index in [0.717, 1.165) is 11.3 Å². The third kappa shape index (κ3) is 1.51. The molecular weight excluding hydrogens is 166 g/mol. The Bertz CT molecular complexity index is 469. The summed E-state index contributed by atoms with van der Waals surface area (Å²) in [5.74, 6) is 0. The number of benzene rings is 1. The molecule has 0 aliphatic carbocycles. The Balaban J connectivity index is 2.52. The average Bonchev–Trinajstić information content (AvgIpc) is 2.52. The SMILES string of the molecule is Cc1cccc(-n2cnc(=O)[nH]2)c1. The van der Waals surface area contributed by atoms with E-state index in [1.807, 2.05) is 31.2 Å². The summed E-state index contributed by atoms with van der Waals surface area (Å²) in [5.41, 5.74) is 1.73. The molecule has 1 aromatic carbocycles. The molecular formula is C9H9N3O. The lowest BCUT2D eigenvalue weighted by atomic mass is 10.2. The van der Waals surface area contributed by atoms with Gasteiger partial charge in [0.1, 0.15) is 6.33 Å². The Morgan fingerprint density at radius 1 is 1.46 bits per heavy atom. The molecule has 0 spiro atoms. The van der Waals surface area contributed by atoms with Gasteiger partial charge in [0, 0.05) is 0 Å². The maximum absolute atomic E-state index is 10.8. The van der Waals surface area contributed by atoms with Gasteiger partial charge in [-0.1, -0.05) is 12.1 Å². The lowest BCUT2D eigenvalue weighted by Crippen LogP contribution is -2.04. The van der Waals surface area contributed by atoms with E-state index in [9.17, 15) is 4.79 Å². The van der Waals surface area contributed by atoms with Crippen molar-refractivity contribution in [3.8, 4) is 5.69 Å². The van der Waals surface area contributed by atoms with Crippen molar-refractivity contribution in [3.63, 3.8) is 0 Å². The van der Waals surface area contributed by atoms with Crippen molar-refractivity contribution < 1.29 is 0 Å². The highest BCUT2D eigenvalue weighted by Crippen LogP contribution is 2.06. The quantitative estimate of drug-likeness (QED) is 0.699. The second-order valence-corrected chi connectivity index (χ2v) is 2.87. The minimum absolute atomic E-state index is 0.332. The van der Waals surface area contributed by atoms with E-state index < -0.39 is 0 Å². The molecule has 0 fully saturated rings. The van der Waals surface area contributed by atoms with Crippen LogP contribution in [0.15, 0.2) is 35.4 Å². The van der Waals surface area contributed by atoms with Crippen LogP contribution in [-0.2, 0) is 0 Å². The second-order valence-electron chi connectivity index (χ2n) is 2.87. The maximum atomic E-state index is 10.8. The monoisotopic (exact) mass is 175 g/mol. The van der Waals surface area contributed by atoms with Crippen molar-refractivity contribution in [1.82, 2.24) is 14.8 Å². The molecule has 1 aromatic heterocycles. The van der Waals surface area contributed by atoms with Crippen LogP contribution < -0.4 is 5.69 Å². The third-order valence-electron chi connectivity index (χ3n) is 1.79. The zero-order valence-corrected chi connectivity index (χ0v) is 7.19. The van der Waals surface area contributed by atoms with E-state index in [-0.39, 0.29) is 5.69 Å². The molecule has 4 nitrogen and oxygen atoms in total. The molecule has 13 heavy (non-hydrogen) atoms. The Morgan fingerprint density at radius 3 is 2.92 bits per heavy atom. The Hall–Kier alpha value is -1.84. The highest BCUT2D eigenvalue weighted by molar-refractivity contribution is 5.33. The number of nitrogens with one attached hydrogen (secondary N) is 1. The number of aromatic amines is 1. The van der Waals surface area contributed by atoms with Crippen molar-refractivity contribution in [3.05, 3.63) is 46.6 Å². The van der Waals surface area contributed by atoms with E-state index in [2.05, 4.69) is 10.1 Å². The van der Waals surface area contributed by atoms with Crippen LogP contribution in [0, 0.1) is 6.92 Å². The lowest BCUT2D eigenvalue weighted by Gasteiger charge is -2.00. The molecule has 4 heteroatoms. The van der Waals surface area contributed by atoms with Gasteiger partial charge in [-0.05, 0) is 24.6 Å². The molecule has 1 N–H and O–H groups in total. The van der Waals surface area contributed by atoms with E-state index >= 15 is 0 Å². The molecule has 2 rings (SSSR count). The Morgan fingerprint density at radius 2 is 2.31 bits per heavy atom. The van der Waals surface area contributed by atoms with Gasteiger partial charge in [0.25, 0.3) is 0 Å². The number of hydrogen-bond donors (Lipinski definition) is 1. The maximum Gasteiger partial charge on any atom is 0.361 e. The smallest absolute Gasteiger partial charge is 0.244 e. The topological polar surface area (TPSA) is 50.7 Å². The van der Waals surface area contributed by atoms with Gasteiger partial charge in [-0.15, -0.1) is 0 Å². The van der Waals surface area contributed by atoms with Crippen molar-refractivity contribution in [2.24, 2.45) is 0 Å². The molecule has 1 heterocycles. The average molecular weight is 175 g/mol. The summed E-state index contributed by atoms with van der Waals surface area (Å²) in [5, 5.41) is 2.57. The lowest BCUT2D eigenvalue weighted by molar-refractivity contribution is 0.863. The van der Waals surface area contributed by atoms with Gasteiger partial charge >= 0.3 is 5.69 Å². The number of aryl methyl sites for hydroxylation is 1. The van der Waals surface area contributed by atoms with Gasteiger partial charge in [-0.25, -0.2) is 14.6 Å². The summed E-state index contributed by atoms with van der Waals surface area (Å²) in [7, 11) is 0. The van der Waals surface area contributed by atoms with Crippen LogP contribution in [0.4, 0.5) is 0 Å². The number of aromatic nitrogens is 3. The van der Waals surface area contributed by atoms with Gasteiger partial charge in [0.2, 0.25) is 0 Å². The molecule has 0 amide bonds. The van der Waals surface area contributed by atoms with Crippen molar-refractivity contribution in [2.75, 3.05) is 0 Å². The first kappa shape index (κ1) is 7.79. The van der Waals surface area contributed by atoms with Gasteiger partial charge in [0.15, 0.2) is 0 Å². The van der Waals surface area contributed by atoms with Crippen molar-refractivity contribution in [2.45, 2.75) is 6.92 Å². The van der Waals surface area contributed by atoms with Gasteiger partial charge in [-0.3, -0.25) is 0 Å². The molecule has 0 bridgehead atoms. The van der Waals surface area contributed by atoms with Crippen LogP contribution in [0.5, 0.6) is 0 Å². The zero-order chi connectivity index (χ0) is 9.26. The predicted molar refractivity (Wildman–Crippen MR) is 48.9 cm³/mol. The second kappa shape index (κ2) is 2.90. The number of H-pyrrole nitrogens is 1. The summed E-state index contributed by atoms with van der Waals surface area (Å²) in [6.07, 6.45) is 1.47. The van der Waals surface area contributed by atoms with Gasteiger partial charge < -0.3 is 0 Å². The van der Waals surface area contributed by atoms with Crippen LogP contribution in [0.25, 0.3) is 5.69 Å². The van der Waals surface area contributed by atoms with Gasteiger partial charge in [0.05, 0.1) is 5.69 Å². The van der Waals surface area contributed by atoms with E-state index in [1.165, 1.54) is 6.33 Å². The molecule has 2 aromatic rings. The van der Waals surface area contributed by atoms with Crippen LogP contribution in [-0.4, -0.2) is 14.8 Å². The highest BCUT2D eigenvalue weighted by atomic mass is 16.1. The van der Waals surface area contributed by atoms with Crippen LogP contribution in [0.2, 0.25) is 0 Å². The fraction of sp³-hybridized carbons (Fsp3) is 0.111. The molecule has 0 saturated carbocycles. The van der Waals surface area contributed by atoms with E-state index in [1.54, 1.807) is 4.68 Å². The van der Waals surface area contributed by atoms with Crippen LogP contribution >= 0.6 is 0 Å². The molecule has 0 saturated heterocycles. The summed E-state index contributed by atoms with van der Waals surface area (Å²) >= 11 is 0. The number of nitrogens with zero attached hydrogens (tertiary/aromatic N) is 2. The number of rotatable bonds is 1. The van der Waals surface area contributed by atoms with E-state index in [0.29, 0.717) is 0 Å². The first-order valence-electron chi connectivity index (χ1n) is 3.96. The Kier molecular flexibility index (Phi) is 1.73. The molecule has 0 aliphatic rings. The third-order valence-corrected chi connectivity index (χ3v) is 1.79. The molecule has 0 aliphatic heterocycles. The first-order chi connectivity index (χ1) is 6.25. The Labute approximate surface area is 74.8 Å². The molecule has 0 unspecified atom stereocenters. The van der Waals surface area contributed by atoms with Crippen molar-refractivity contribution >= 4 is 0 Å². The largest absolute Gasteiger partial charge is 0.361 e. The normalized spacial score (nSPS) is 10.2. The summed E-state index contributed by atoms with van der Waals surface area (Å²) in [6.45, 7) is 2.00. The van der Waals surface area contributed by atoms with Gasteiger partial charge in [-0.2, -0.15) is 4.98 Å². The molecule has 0 radical (unpaired) electrons. The summed E-state index contributed by atoms with van der Waals surface area (Å²) in [6, 6.07) is 7.81. The van der Waals surface area contributed by atoms with Crippen molar-refractivity contribution in [1.29, 1.82) is 0 Å². The fourth-order valence-electron chi connectivity index (χ4n) is 1.18. The van der Waals surface area contributed by atoms with Crippen LogP contribution in [0.1, 0.15) is 5.56 Å². The summed E-state index contributed by atoms with van der Waals surface area (Å²) in [4.78, 5) is 14.3. The minimum atomic E-state index is -0.332. The molecule has 66 valence electrons. The standard InChI is InChI=1S/C9H9N3O/c1-7-3-2-4-8(5-7)12-6-10-9(13)11-12/h2-6H,1H3,(H,11,13). The fourth-order valence-corrected chi connectivity index (χ4v) is 1.18. The predicted octanol–water partition coefficient (Wildman–Crippen LogP) is 0.869. The number of hydrogen-bond acceptors (Lipinski definition) is 2. The van der Waals surface area contributed by atoms with Crippen LogP contribution in [0.3, 0.4) is 0 Å². The summed E-state index contributed by atoms with van der Waals surface area (Å²) < 4.78 is 1.59. The van der Waals surface area contributed by atoms with E-state index in [4.69, 9.17) is 0 Å². The molecule has 0 atom stereocenters. The first-order valence-corrected chi connectivity index (χ1v) is 3.96. The minimum Gasteiger partial charge on any atom is -0.244 e. The zero-order valence-electron chi connectivity index (χ0n) is 7.19. The highest BCUT2D eigenvalue weighted by Gasteiger charge is 1.96.